The lowest BCUT2D eigenvalue weighted by Crippen LogP contribution is -2.30. The molecule has 0 radical (unpaired) electrons. The normalized spacial score (nSPS) is 10.2. The Bertz CT molecular complexity index is 786. The first-order valence-electron chi connectivity index (χ1n) is 8.69. The number of ether oxygens (including phenoxy) is 3. The third-order valence-electron chi connectivity index (χ3n) is 4.23. The molecule has 6 heteroatoms. The summed E-state index contributed by atoms with van der Waals surface area (Å²) >= 11 is 0. The molecule has 0 spiro atoms. The number of likely N-dealkylation sites (N-methyl/N-ethyl adjacent to an activating group) is 1. The zero-order valence-electron chi connectivity index (χ0n) is 16.2. The SMILES string of the molecule is CCc1ccc(CN(C)C(=O)COC(=O)c2ccc(OC)cc2OC)cc1. The molecule has 0 aromatic heterocycles. The molecule has 0 fully saturated rings. The Kier molecular flexibility index (Phi) is 7.23. The Labute approximate surface area is 159 Å². The van der Waals surface area contributed by atoms with Gasteiger partial charge in [-0.3, -0.25) is 4.79 Å². The molecular formula is C21H25NO5. The van der Waals surface area contributed by atoms with Gasteiger partial charge < -0.3 is 19.1 Å². The van der Waals surface area contributed by atoms with Crippen molar-refractivity contribution in [3.8, 4) is 11.5 Å². The molecule has 0 atom stereocenters. The predicted molar refractivity (Wildman–Crippen MR) is 102 cm³/mol. The highest BCUT2D eigenvalue weighted by molar-refractivity contribution is 5.94. The van der Waals surface area contributed by atoms with Gasteiger partial charge in [0, 0.05) is 19.7 Å². The van der Waals surface area contributed by atoms with Gasteiger partial charge in [0.2, 0.25) is 0 Å². The Hall–Kier alpha value is -3.02. The topological polar surface area (TPSA) is 65.1 Å². The molecule has 27 heavy (non-hydrogen) atoms. The summed E-state index contributed by atoms with van der Waals surface area (Å²) < 4.78 is 15.4. The van der Waals surface area contributed by atoms with E-state index in [2.05, 4.69) is 6.92 Å². The van der Waals surface area contributed by atoms with Crippen molar-refractivity contribution in [2.24, 2.45) is 0 Å². The molecule has 0 aliphatic carbocycles. The highest BCUT2D eigenvalue weighted by Crippen LogP contribution is 2.25. The van der Waals surface area contributed by atoms with Gasteiger partial charge >= 0.3 is 5.97 Å². The van der Waals surface area contributed by atoms with Crippen molar-refractivity contribution in [3.63, 3.8) is 0 Å². The fourth-order valence-corrected chi connectivity index (χ4v) is 2.52. The number of aryl methyl sites for hydroxylation is 1. The van der Waals surface area contributed by atoms with Crippen molar-refractivity contribution in [2.75, 3.05) is 27.9 Å². The van der Waals surface area contributed by atoms with Gasteiger partial charge in [0.05, 0.1) is 14.2 Å². The van der Waals surface area contributed by atoms with Gasteiger partial charge in [0.25, 0.3) is 5.91 Å². The van der Waals surface area contributed by atoms with E-state index in [0.29, 0.717) is 18.0 Å². The second kappa shape index (κ2) is 9.62. The zero-order chi connectivity index (χ0) is 19.8. The minimum Gasteiger partial charge on any atom is -0.497 e. The van der Waals surface area contributed by atoms with Crippen molar-refractivity contribution in [3.05, 3.63) is 59.2 Å². The van der Waals surface area contributed by atoms with Crippen molar-refractivity contribution in [1.82, 2.24) is 4.90 Å². The van der Waals surface area contributed by atoms with Crippen LogP contribution in [0.1, 0.15) is 28.4 Å². The summed E-state index contributed by atoms with van der Waals surface area (Å²) in [4.78, 5) is 26.1. The number of amides is 1. The van der Waals surface area contributed by atoms with E-state index in [-0.39, 0.29) is 18.1 Å². The van der Waals surface area contributed by atoms with Crippen LogP contribution in [0.4, 0.5) is 0 Å². The summed E-state index contributed by atoms with van der Waals surface area (Å²) in [6.07, 6.45) is 0.972. The van der Waals surface area contributed by atoms with Gasteiger partial charge in [0.15, 0.2) is 6.61 Å². The Morgan fingerprint density at radius 2 is 1.63 bits per heavy atom. The van der Waals surface area contributed by atoms with E-state index in [4.69, 9.17) is 14.2 Å². The first kappa shape index (κ1) is 20.3. The lowest BCUT2D eigenvalue weighted by atomic mass is 10.1. The summed E-state index contributed by atoms with van der Waals surface area (Å²) in [5.74, 6) is -0.0107. The number of rotatable bonds is 8. The van der Waals surface area contributed by atoms with Gasteiger partial charge in [-0.05, 0) is 29.7 Å². The number of nitrogens with zero attached hydrogens (tertiary/aromatic N) is 1. The van der Waals surface area contributed by atoms with Crippen LogP contribution in [-0.2, 0) is 22.5 Å². The molecular weight excluding hydrogens is 346 g/mol. The maximum atomic E-state index is 12.3. The van der Waals surface area contributed by atoms with Crippen molar-refractivity contribution < 1.29 is 23.8 Å². The maximum absolute atomic E-state index is 12.3. The molecule has 0 bridgehead atoms. The summed E-state index contributed by atoms with van der Waals surface area (Å²) in [6.45, 7) is 2.21. The average molecular weight is 371 g/mol. The molecule has 0 saturated heterocycles. The quantitative estimate of drug-likeness (QED) is 0.667. The van der Waals surface area contributed by atoms with Crippen LogP contribution in [0, 0.1) is 0 Å². The molecule has 2 rings (SSSR count). The van der Waals surface area contributed by atoms with Crippen LogP contribution in [0.5, 0.6) is 11.5 Å². The van der Waals surface area contributed by atoms with Crippen LogP contribution >= 0.6 is 0 Å². The lowest BCUT2D eigenvalue weighted by molar-refractivity contribution is -0.133. The predicted octanol–water partition coefficient (Wildman–Crippen LogP) is 3.08. The first-order valence-corrected chi connectivity index (χ1v) is 8.69. The highest BCUT2D eigenvalue weighted by atomic mass is 16.5. The third kappa shape index (κ3) is 5.48. The Morgan fingerprint density at radius 1 is 0.963 bits per heavy atom. The fourth-order valence-electron chi connectivity index (χ4n) is 2.52. The summed E-state index contributed by atoms with van der Waals surface area (Å²) in [7, 11) is 4.66. The van der Waals surface area contributed by atoms with E-state index in [1.54, 1.807) is 25.2 Å². The number of benzene rings is 2. The molecule has 144 valence electrons. The minimum absolute atomic E-state index is 0.240. The molecule has 0 aliphatic heterocycles. The molecule has 6 nitrogen and oxygen atoms in total. The van der Waals surface area contributed by atoms with Gasteiger partial charge in [-0.25, -0.2) is 4.79 Å². The van der Waals surface area contributed by atoms with Crippen LogP contribution in [0.2, 0.25) is 0 Å². The van der Waals surface area contributed by atoms with E-state index in [0.717, 1.165) is 12.0 Å². The largest absolute Gasteiger partial charge is 0.497 e. The second-order valence-electron chi connectivity index (χ2n) is 6.06. The van der Waals surface area contributed by atoms with E-state index in [1.165, 1.54) is 24.7 Å². The van der Waals surface area contributed by atoms with Crippen LogP contribution in [-0.4, -0.2) is 44.7 Å². The van der Waals surface area contributed by atoms with Gasteiger partial charge in [0.1, 0.15) is 17.1 Å². The lowest BCUT2D eigenvalue weighted by Gasteiger charge is -2.17. The van der Waals surface area contributed by atoms with Gasteiger partial charge in [-0.2, -0.15) is 0 Å². The van der Waals surface area contributed by atoms with E-state index < -0.39 is 5.97 Å². The zero-order valence-corrected chi connectivity index (χ0v) is 16.2. The Balaban J connectivity index is 1.92. The summed E-state index contributed by atoms with van der Waals surface area (Å²) in [5.41, 5.74) is 2.50. The number of carbonyl (C=O) groups excluding carboxylic acids is 2. The molecule has 0 aliphatic rings. The van der Waals surface area contributed by atoms with Crippen molar-refractivity contribution in [1.29, 1.82) is 0 Å². The second-order valence-corrected chi connectivity index (χ2v) is 6.06. The molecule has 0 unspecified atom stereocenters. The molecule has 0 saturated carbocycles. The van der Waals surface area contributed by atoms with Crippen molar-refractivity contribution in [2.45, 2.75) is 19.9 Å². The van der Waals surface area contributed by atoms with E-state index in [9.17, 15) is 9.59 Å². The maximum Gasteiger partial charge on any atom is 0.342 e. The number of esters is 1. The standard InChI is InChI=1S/C21H25NO5/c1-5-15-6-8-16(9-7-15)13-22(2)20(23)14-27-21(24)18-11-10-17(25-3)12-19(18)26-4/h6-12H,5,13-14H2,1-4H3. The third-order valence-corrected chi connectivity index (χ3v) is 4.23. The first-order chi connectivity index (χ1) is 13.0. The van der Waals surface area contributed by atoms with Crippen LogP contribution < -0.4 is 9.47 Å². The number of methoxy groups -OCH3 is 2. The number of hydrogen-bond acceptors (Lipinski definition) is 5. The number of hydrogen-bond donors (Lipinski definition) is 0. The monoisotopic (exact) mass is 371 g/mol. The molecule has 2 aromatic rings. The summed E-state index contributed by atoms with van der Waals surface area (Å²) in [5, 5.41) is 0. The fraction of sp³-hybridized carbons (Fsp3) is 0.333. The smallest absolute Gasteiger partial charge is 0.342 e. The van der Waals surface area contributed by atoms with Crippen LogP contribution in [0.15, 0.2) is 42.5 Å². The Morgan fingerprint density at radius 3 is 2.22 bits per heavy atom. The van der Waals surface area contributed by atoms with Crippen LogP contribution in [0.25, 0.3) is 0 Å². The minimum atomic E-state index is -0.622. The van der Waals surface area contributed by atoms with E-state index in [1.807, 2.05) is 24.3 Å². The number of carbonyl (C=O) groups is 2. The van der Waals surface area contributed by atoms with Crippen molar-refractivity contribution >= 4 is 11.9 Å². The molecule has 1 amide bonds. The average Bonchev–Trinajstić information content (AvgIpc) is 2.71. The highest BCUT2D eigenvalue weighted by Gasteiger charge is 2.18. The van der Waals surface area contributed by atoms with Gasteiger partial charge in [-0.15, -0.1) is 0 Å². The van der Waals surface area contributed by atoms with E-state index >= 15 is 0 Å². The molecule has 0 heterocycles. The van der Waals surface area contributed by atoms with Gasteiger partial charge in [-0.1, -0.05) is 31.2 Å². The van der Waals surface area contributed by atoms with Crippen LogP contribution in [0.3, 0.4) is 0 Å². The molecule has 0 N–H and O–H groups in total. The molecule has 2 aromatic carbocycles. The summed E-state index contributed by atoms with van der Waals surface area (Å²) in [6, 6.07) is 12.8.